The summed E-state index contributed by atoms with van der Waals surface area (Å²) in [5, 5.41) is 7.48. The van der Waals surface area contributed by atoms with E-state index in [0.29, 0.717) is 0 Å². The summed E-state index contributed by atoms with van der Waals surface area (Å²) in [5.41, 5.74) is 4.10. The van der Waals surface area contributed by atoms with Crippen LogP contribution in [-0.4, -0.2) is 15.7 Å². The molecular weight excluding hydrogens is 330 g/mol. The van der Waals surface area contributed by atoms with Crippen LogP contribution in [0.4, 0.5) is 0 Å². The van der Waals surface area contributed by atoms with E-state index in [1.165, 1.54) is 5.69 Å². The zero-order valence-electron chi connectivity index (χ0n) is 12.2. The van der Waals surface area contributed by atoms with Crippen LogP contribution >= 0.6 is 15.9 Å². The Balaban J connectivity index is 1.84. The molecule has 0 radical (unpaired) electrons. The van der Waals surface area contributed by atoms with Gasteiger partial charge in [-0.15, -0.1) is 0 Å². The van der Waals surface area contributed by atoms with Crippen LogP contribution in [0.5, 0.6) is 0 Å². The summed E-state index contributed by atoms with van der Waals surface area (Å²) >= 11 is 3.43. The van der Waals surface area contributed by atoms with E-state index >= 15 is 0 Å². The fourth-order valence-electron chi connectivity index (χ4n) is 2.93. The Morgan fingerprint density at radius 1 is 1.48 bits per heavy atom. The quantitative estimate of drug-likeness (QED) is 0.905. The number of halogens is 1. The first kappa shape index (κ1) is 14.3. The van der Waals surface area contributed by atoms with Gasteiger partial charge in [0.25, 0.3) is 5.91 Å². The second-order valence-electron chi connectivity index (χ2n) is 5.55. The van der Waals surface area contributed by atoms with Gasteiger partial charge in [0, 0.05) is 28.3 Å². The molecule has 0 bridgehead atoms. The van der Waals surface area contributed by atoms with Gasteiger partial charge in [0.1, 0.15) is 0 Å². The van der Waals surface area contributed by atoms with Crippen LogP contribution < -0.4 is 5.32 Å². The SMILES string of the molecule is Cc1ccc(Br)cc1C(=O)NC1CCCc2c1cnn2C. The first-order chi connectivity index (χ1) is 10.1. The van der Waals surface area contributed by atoms with Gasteiger partial charge >= 0.3 is 0 Å². The van der Waals surface area contributed by atoms with Gasteiger partial charge < -0.3 is 5.32 Å². The highest BCUT2D eigenvalue weighted by molar-refractivity contribution is 9.10. The minimum atomic E-state index is -0.0181. The number of fused-ring (bicyclic) bond motifs is 1. The molecule has 1 atom stereocenters. The number of nitrogens with one attached hydrogen (secondary N) is 1. The van der Waals surface area contributed by atoms with Gasteiger partial charge in [0.15, 0.2) is 0 Å². The number of hydrogen-bond acceptors (Lipinski definition) is 2. The fourth-order valence-corrected chi connectivity index (χ4v) is 3.29. The number of hydrogen-bond donors (Lipinski definition) is 1. The largest absolute Gasteiger partial charge is 0.345 e. The highest BCUT2D eigenvalue weighted by Gasteiger charge is 2.25. The Hall–Kier alpha value is -1.62. The summed E-state index contributed by atoms with van der Waals surface area (Å²) in [7, 11) is 1.96. The monoisotopic (exact) mass is 347 g/mol. The van der Waals surface area contributed by atoms with E-state index in [0.717, 1.165) is 40.4 Å². The number of rotatable bonds is 2. The topological polar surface area (TPSA) is 46.9 Å². The Labute approximate surface area is 132 Å². The average Bonchev–Trinajstić information content (AvgIpc) is 2.84. The third kappa shape index (κ3) is 2.75. The van der Waals surface area contributed by atoms with Gasteiger partial charge in [-0.1, -0.05) is 22.0 Å². The Kier molecular flexibility index (Phi) is 3.85. The maximum absolute atomic E-state index is 12.5. The minimum Gasteiger partial charge on any atom is -0.345 e. The molecule has 2 aromatic rings. The number of benzene rings is 1. The van der Waals surface area contributed by atoms with Crippen molar-refractivity contribution < 1.29 is 4.79 Å². The molecule has 4 nitrogen and oxygen atoms in total. The molecule has 1 aliphatic rings. The molecule has 0 saturated heterocycles. The van der Waals surface area contributed by atoms with Crippen molar-refractivity contribution in [2.45, 2.75) is 32.2 Å². The third-order valence-electron chi connectivity index (χ3n) is 4.13. The Bertz CT molecular complexity index is 693. The number of aromatic nitrogens is 2. The standard InChI is InChI=1S/C16H18BrN3O/c1-10-6-7-11(17)8-12(10)16(21)19-14-4-3-5-15-13(14)9-18-20(15)2/h6-9,14H,3-5H2,1-2H3,(H,19,21). The van der Waals surface area contributed by atoms with E-state index in [9.17, 15) is 4.79 Å². The second kappa shape index (κ2) is 5.64. The summed E-state index contributed by atoms with van der Waals surface area (Å²) in [5.74, 6) is -0.0181. The van der Waals surface area contributed by atoms with Crippen LogP contribution in [0.25, 0.3) is 0 Å². The molecule has 21 heavy (non-hydrogen) atoms. The van der Waals surface area contributed by atoms with Crippen molar-refractivity contribution in [1.29, 1.82) is 0 Å². The van der Waals surface area contributed by atoms with Crippen molar-refractivity contribution in [2.24, 2.45) is 7.05 Å². The van der Waals surface area contributed by atoms with Crippen LogP contribution in [0.1, 0.15) is 46.1 Å². The van der Waals surface area contributed by atoms with Gasteiger partial charge in [-0.25, -0.2) is 0 Å². The lowest BCUT2D eigenvalue weighted by Gasteiger charge is -2.24. The lowest BCUT2D eigenvalue weighted by molar-refractivity contribution is 0.0932. The van der Waals surface area contributed by atoms with Gasteiger partial charge in [-0.2, -0.15) is 5.10 Å². The van der Waals surface area contributed by atoms with Crippen molar-refractivity contribution in [3.05, 3.63) is 51.3 Å². The fraction of sp³-hybridized carbons (Fsp3) is 0.375. The van der Waals surface area contributed by atoms with E-state index < -0.39 is 0 Å². The molecule has 0 saturated carbocycles. The molecule has 1 heterocycles. The molecular formula is C16H18BrN3O. The molecule has 110 valence electrons. The molecule has 1 unspecified atom stereocenters. The number of carbonyl (C=O) groups excluding carboxylic acids is 1. The molecule has 1 aliphatic carbocycles. The Morgan fingerprint density at radius 2 is 2.29 bits per heavy atom. The zero-order chi connectivity index (χ0) is 15.0. The van der Waals surface area contributed by atoms with Crippen LogP contribution in [0.2, 0.25) is 0 Å². The van der Waals surface area contributed by atoms with Gasteiger partial charge in [0.05, 0.1) is 12.2 Å². The first-order valence-corrected chi connectivity index (χ1v) is 7.93. The van der Waals surface area contributed by atoms with Gasteiger partial charge in [0.2, 0.25) is 0 Å². The molecule has 1 N–H and O–H groups in total. The Morgan fingerprint density at radius 3 is 3.10 bits per heavy atom. The summed E-state index contributed by atoms with van der Waals surface area (Å²) in [4.78, 5) is 12.5. The lowest BCUT2D eigenvalue weighted by atomic mass is 9.92. The summed E-state index contributed by atoms with van der Waals surface area (Å²) < 4.78 is 2.84. The normalized spacial score (nSPS) is 17.4. The number of amides is 1. The molecule has 1 aromatic heterocycles. The lowest BCUT2D eigenvalue weighted by Crippen LogP contribution is -2.31. The van der Waals surface area contributed by atoms with Crippen molar-refractivity contribution in [3.8, 4) is 0 Å². The molecule has 0 fully saturated rings. The smallest absolute Gasteiger partial charge is 0.252 e. The highest BCUT2D eigenvalue weighted by atomic mass is 79.9. The van der Waals surface area contributed by atoms with Crippen molar-refractivity contribution in [3.63, 3.8) is 0 Å². The molecule has 5 heteroatoms. The van der Waals surface area contributed by atoms with Gasteiger partial charge in [-0.3, -0.25) is 9.48 Å². The predicted octanol–water partition coefficient (Wildman–Crippen LogP) is 3.30. The molecule has 1 amide bonds. The number of nitrogens with zero attached hydrogens (tertiary/aromatic N) is 2. The molecule has 1 aromatic carbocycles. The van der Waals surface area contributed by atoms with E-state index in [1.54, 1.807) is 0 Å². The maximum atomic E-state index is 12.5. The van der Waals surface area contributed by atoms with Crippen molar-refractivity contribution in [1.82, 2.24) is 15.1 Å². The maximum Gasteiger partial charge on any atom is 0.252 e. The second-order valence-corrected chi connectivity index (χ2v) is 6.46. The zero-order valence-corrected chi connectivity index (χ0v) is 13.8. The van der Waals surface area contributed by atoms with E-state index in [4.69, 9.17) is 0 Å². The van der Waals surface area contributed by atoms with E-state index in [-0.39, 0.29) is 11.9 Å². The minimum absolute atomic E-state index is 0.0181. The van der Waals surface area contributed by atoms with Crippen LogP contribution in [-0.2, 0) is 13.5 Å². The molecule has 0 spiro atoms. The molecule has 3 rings (SSSR count). The van der Waals surface area contributed by atoms with Gasteiger partial charge in [-0.05, 0) is 43.9 Å². The van der Waals surface area contributed by atoms with Crippen LogP contribution in [0, 0.1) is 6.92 Å². The van der Waals surface area contributed by atoms with Crippen LogP contribution in [0.3, 0.4) is 0 Å². The molecule has 0 aliphatic heterocycles. The van der Waals surface area contributed by atoms with E-state index in [1.807, 2.05) is 43.0 Å². The number of aryl methyl sites for hydroxylation is 2. The first-order valence-electron chi connectivity index (χ1n) is 7.14. The third-order valence-corrected chi connectivity index (χ3v) is 4.62. The van der Waals surface area contributed by atoms with Crippen LogP contribution in [0.15, 0.2) is 28.9 Å². The summed E-state index contributed by atoms with van der Waals surface area (Å²) in [6, 6.07) is 5.84. The summed E-state index contributed by atoms with van der Waals surface area (Å²) in [6.07, 6.45) is 4.97. The average molecular weight is 348 g/mol. The number of carbonyl (C=O) groups is 1. The predicted molar refractivity (Wildman–Crippen MR) is 85.2 cm³/mol. The van der Waals surface area contributed by atoms with E-state index in [2.05, 4.69) is 26.3 Å². The van der Waals surface area contributed by atoms with Crippen molar-refractivity contribution in [2.75, 3.05) is 0 Å². The highest BCUT2D eigenvalue weighted by Crippen LogP contribution is 2.29. The van der Waals surface area contributed by atoms with Crippen molar-refractivity contribution >= 4 is 21.8 Å². The summed E-state index contributed by atoms with van der Waals surface area (Å²) in [6.45, 7) is 1.96.